The summed E-state index contributed by atoms with van der Waals surface area (Å²) in [5, 5.41) is 13.1. The maximum absolute atomic E-state index is 13.1. The van der Waals surface area contributed by atoms with Gasteiger partial charge in [-0.25, -0.2) is 9.78 Å². The predicted octanol–water partition coefficient (Wildman–Crippen LogP) is 3.33. The smallest absolute Gasteiger partial charge is 0.408 e. The minimum Gasteiger partial charge on any atom is -0.438 e. The lowest BCUT2D eigenvalue weighted by Crippen LogP contribution is -2.42. The number of hydrogen-bond donors (Lipinski definition) is 2. The Bertz CT molecular complexity index is 929. The van der Waals surface area contributed by atoms with Crippen molar-refractivity contribution in [1.29, 1.82) is 0 Å². The Labute approximate surface area is 162 Å². The monoisotopic (exact) mass is 393 g/mol. The number of carbonyl (C=O) groups is 1. The highest BCUT2D eigenvalue weighted by Crippen LogP contribution is 2.34. The van der Waals surface area contributed by atoms with Gasteiger partial charge in [-0.1, -0.05) is 17.7 Å². The van der Waals surface area contributed by atoms with Crippen LogP contribution in [-0.4, -0.2) is 32.4 Å². The Morgan fingerprint density at radius 1 is 1.41 bits per heavy atom. The molecule has 146 valence electrons. The van der Waals surface area contributed by atoms with Gasteiger partial charge in [0.2, 0.25) is 0 Å². The highest BCUT2D eigenvalue weighted by molar-refractivity contribution is 6.35. The van der Waals surface area contributed by atoms with Gasteiger partial charge in [0.1, 0.15) is 0 Å². The first kappa shape index (κ1) is 19.6. The van der Waals surface area contributed by atoms with Crippen molar-refractivity contribution in [1.82, 2.24) is 14.9 Å². The van der Waals surface area contributed by atoms with Gasteiger partial charge in [0.05, 0.1) is 22.0 Å². The van der Waals surface area contributed by atoms with Gasteiger partial charge >= 0.3 is 6.09 Å². The molecule has 0 saturated heterocycles. The number of rotatable bonds is 3. The third kappa shape index (κ3) is 4.09. The van der Waals surface area contributed by atoms with Crippen molar-refractivity contribution < 1.29 is 14.6 Å². The van der Waals surface area contributed by atoms with Crippen molar-refractivity contribution in [3.8, 4) is 0 Å². The lowest BCUT2D eigenvalue weighted by atomic mass is 9.89. The Hall–Kier alpha value is -2.12. The summed E-state index contributed by atoms with van der Waals surface area (Å²) in [5.74, 6) is 0.343. The standard InChI is InChI=1S/C19H24ClN3O4/c1-10(27-18(26)22-19(2,3)4)16-21-14-7-5-6-13(20)15(14)17(25)23(16)11-8-12(24)9-11/h5-7,10-12,24H,8-9H2,1-4H3,(H,22,26)/t10-,11?,12?/m0/s1. The number of ether oxygens (including phenoxy) is 1. The molecule has 8 heteroatoms. The van der Waals surface area contributed by atoms with Crippen molar-refractivity contribution in [2.75, 3.05) is 0 Å². The van der Waals surface area contributed by atoms with E-state index in [1.807, 2.05) is 20.8 Å². The number of amides is 1. The van der Waals surface area contributed by atoms with E-state index in [0.717, 1.165) is 0 Å². The molecular weight excluding hydrogens is 370 g/mol. The first-order valence-electron chi connectivity index (χ1n) is 8.94. The molecule has 2 N–H and O–H groups in total. The van der Waals surface area contributed by atoms with E-state index in [2.05, 4.69) is 10.3 Å². The molecule has 7 nitrogen and oxygen atoms in total. The first-order chi connectivity index (χ1) is 12.6. The van der Waals surface area contributed by atoms with Crippen LogP contribution in [0.5, 0.6) is 0 Å². The second-order valence-electron chi connectivity index (χ2n) is 7.98. The Kier molecular flexibility index (Phi) is 5.18. The molecule has 1 aliphatic rings. The van der Waals surface area contributed by atoms with E-state index >= 15 is 0 Å². The summed E-state index contributed by atoms with van der Waals surface area (Å²) < 4.78 is 6.97. The quantitative estimate of drug-likeness (QED) is 0.834. The molecule has 1 heterocycles. The molecule has 0 spiro atoms. The average Bonchev–Trinajstić information content (AvgIpc) is 2.50. The summed E-state index contributed by atoms with van der Waals surface area (Å²) in [6.07, 6.45) is -0.884. The van der Waals surface area contributed by atoms with E-state index in [9.17, 15) is 14.7 Å². The number of nitrogens with one attached hydrogen (secondary N) is 1. The molecule has 1 aromatic heterocycles. The number of aliphatic hydroxyl groups is 1. The van der Waals surface area contributed by atoms with Crippen LogP contribution >= 0.6 is 11.6 Å². The Balaban J connectivity index is 2.04. The first-order valence-corrected chi connectivity index (χ1v) is 9.32. The van der Waals surface area contributed by atoms with Gasteiger partial charge in [0.25, 0.3) is 5.56 Å². The highest BCUT2D eigenvalue weighted by Gasteiger charge is 2.34. The van der Waals surface area contributed by atoms with Crippen molar-refractivity contribution in [2.24, 2.45) is 0 Å². The fraction of sp³-hybridized carbons (Fsp3) is 0.526. The number of aromatic nitrogens is 2. The third-order valence-electron chi connectivity index (χ3n) is 4.48. The molecule has 1 saturated carbocycles. The van der Waals surface area contributed by atoms with E-state index in [1.54, 1.807) is 25.1 Å². The maximum atomic E-state index is 13.1. The molecule has 0 radical (unpaired) electrons. The Morgan fingerprint density at radius 2 is 2.07 bits per heavy atom. The number of benzene rings is 1. The molecule has 1 amide bonds. The van der Waals surface area contributed by atoms with E-state index in [1.165, 1.54) is 4.57 Å². The van der Waals surface area contributed by atoms with Gasteiger partial charge in [-0.2, -0.15) is 0 Å². The molecule has 0 aliphatic heterocycles. The zero-order valence-electron chi connectivity index (χ0n) is 15.8. The zero-order chi connectivity index (χ0) is 19.9. The van der Waals surface area contributed by atoms with E-state index in [0.29, 0.717) is 34.6 Å². The lowest BCUT2D eigenvalue weighted by molar-refractivity contribution is 0.0388. The SMILES string of the molecule is C[C@H](OC(=O)NC(C)(C)C)c1nc2cccc(Cl)c2c(=O)n1C1CC(O)C1. The van der Waals surface area contributed by atoms with Crippen molar-refractivity contribution >= 4 is 28.6 Å². The summed E-state index contributed by atoms with van der Waals surface area (Å²) in [6, 6.07) is 4.86. The zero-order valence-corrected chi connectivity index (χ0v) is 16.6. The number of nitrogens with zero attached hydrogens (tertiary/aromatic N) is 2. The molecule has 1 aromatic carbocycles. The van der Waals surface area contributed by atoms with Crippen LogP contribution in [-0.2, 0) is 4.74 Å². The Morgan fingerprint density at radius 3 is 2.67 bits per heavy atom. The largest absolute Gasteiger partial charge is 0.438 e. The van der Waals surface area contributed by atoms with Crippen molar-refractivity contribution in [3.63, 3.8) is 0 Å². The van der Waals surface area contributed by atoms with Crippen LogP contribution in [0.15, 0.2) is 23.0 Å². The van der Waals surface area contributed by atoms with Crippen LogP contribution in [0, 0.1) is 0 Å². The molecule has 0 bridgehead atoms. The lowest BCUT2D eigenvalue weighted by Gasteiger charge is -2.35. The molecule has 2 aromatic rings. The van der Waals surface area contributed by atoms with Crippen LogP contribution in [0.1, 0.15) is 58.5 Å². The normalized spacial score (nSPS) is 20.8. The van der Waals surface area contributed by atoms with Crippen molar-refractivity contribution in [3.05, 3.63) is 39.4 Å². The fourth-order valence-electron chi connectivity index (χ4n) is 3.18. The van der Waals surface area contributed by atoms with Crippen molar-refractivity contribution in [2.45, 2.75) is 64.3 Å². The number of carbonyl (C=O) groups excluding carboxylic acids is 1. The van der Waals surface area contributed by atoms with Crippen LogP contribution in [0.3, 0.4) is 0 Å². The van der Waals surface area contributed by atoms with E-state index < -0.39 is 23.8 Å². The molecule has 27 heavy (non-hydrogen) atoms. The molecule has 1 fully saturated rings. The molecule has 1 aliphatic carbocycles. The summed E-state index contributed by atoms with van der Waals surface area (Å²) in [7, 11) is 0. The fourth-order valence-corrected chi connectivity index (χ4v) is 3.43. The molecule has 3 rings (SSSR count). The summed E-state index contributed by atoms with van der Waals surface area (Å²) in [6.45, 7) is 7.22. The van der Waals surface area contributed by atoms with Gasteiger partial charge in [0.15, 0.2) is 11.9 Å². The minimum absolute atomic E-state index is 0.201. The summed E-state index contributed by atoms with van der Waals surface area (Å²) >= 11 is 6.22. The van der Waals surface area contributed by atoms with Crippen LogP contribution in [0.4, 0.5) is 4.79 Å². The van der Waals surface area contributed by atoms with Gasteiger partial charge in [0, 0.05) is 11.6 Å². The second kappa shape index (κ2) is 7.13. The number of halogens is 1. The molecule has 1 atom stereocenters. The predicted molar refractivity (Wildman–Crippen MR) is 103 cm³/mol. The van der Waals surface area contributed by atoms with Gasteiger partial charge in [-0.15, -0.1) is 0 Å². The number of aliphatic hydroxyl groups excluding tert-OH is 1. The van der Waals surface area contributed by atoms with Crippen LogP contribution < -0.4 is 10.9 Å². The van der Waals surface area contributed by atoms with Crippen LogP contribution in [0.25, 0.3) is 10.9 Å². The second-order valence-corrected chi connectivity index (χ2v) is 8.39. The number of fused-ring (bicyclic) bond motifs is 1. The van der Waals surface area contributed by atoms with E-state index in [-0.39, 0.29) is 11.6 Å². The molecule has 0 unspecified atom stereocenters. The van der Waals surface area contributed by atoms with Gasteiger partial charge in [-0.05, 0) is 52.7 Å². The maximum Gasteiger partial charge on any atom is 0.408 e. The van der Waals surface area contributed by atoms with Crippen LogP contribution in [0.2, 0.25) is 5.02 Å². The number of alkyl carbamates (subject to hydrolysis) is 1. The minimum atomic E-state index is -0.749. The topological polar surface area (TPSA) is 93.5 Å². The third-order valence-corrected chi connectivity index (χ3v) is 4.80. The van der Waals surface area contributed by atoms with E-state index in [4.69, 9.17) is 16.3 Å². The average molecular weight is 394 g/mol. The number of hydrogen-bond acceptors (Lipinski definition) is 5. The highest BCUT2D eigenvalue weighted by atomic mass is 35.5. The summed E-state index contributed by atoms with van der Waals surface area (Å²) in [5.41, 5.74) is -0.284. The van der Waals surface area contributed by atoms with Gasteiger partial charge in [-0.3, -0.25) is 9.36 Å². The van der Waals surface area contributed by atoms with Gasteiger partial charge < -0.3 is 15.2 Å². The molecular formula is C19H24ClN3O4. The summed E-state index contributed by atoms with van der Waals surface area (Å²) in [4.78, 5) is 29.8.